The lowest BCUT2D eigenvalue weighted by atomic mass is 9.86. The first kappa shape index (κ1) is 17.7. The Bertz CT molecular complexity index is 572. The Hall–Kier alpha value is -1.69. The molecule has 0 aliphatic carbocycles. The van der Waals surface area contributed by atoms with Gasteiger partial charge in [0.15, 0.2) is 0 Å². The van der Waals surface area contributed by atoms with Gasteiger partial charge in [-0.3, -0.25) is 0 Å². The maximum atomic E-state index is 14.1. The molecule has 0 spiro atoms. The van der Waals surface area contributed by atoms with Crippen LogP contribution in [0, 0.1) is 11.6 Å². The summed E-state index contributed by atoms with van der Waals surface area (Å²) in [4.78, 5) is 13.8. The van der Waals surface area contributed by atoms with Crippen LogP contribution in [0.2, 0.25) is 0 Å². The minimum absolute atomic E-state index is 0.0219. The van der Waals surface area contributed by atoms with E-state index in [-0.39, 0.29) is 12.0 Å². The summed E-state index contributed by atoms with van der Waals surface area (Å²) in [5, 5.41) is 3.16. The number of benzene rings is 1. The number of rotatable bonds is 2. The Morgan fingerprint density at radius 3 is 2.61 bits per heavy atom. The zero-order valence-corrected chi connectivity index (χ0v) is 14.0. The van der Waals surface area contributed by atoms with Crippen LogP contribution in [0.1, 0.15) is 38.7 Å². The summed E-state index contributed by atoms with van der Waals surface area (Å²) in [7, 11) is 1.81. The van der Waals surface area contributed by atoms with Crippen molar-refractivity contribution in [1.29, 1.82) is 0 Å². The summed E-state index contributed by atoms with van der Waals surface area (Å²) in [5.41, 5.74) is -0.160. The summed E-state index contributed by atoms with van der Waals surface area (Å²) in [6.07, 6.45) is 0.275. The molecule has 128 valence electrons. The van der Waals surface area contributed by atoms with Crippen LogP contribution in [-0.4, -0.2) is 42.8 Å². The highest BCUT2D eigenvalue weighted by Crippen LogP contribution is 2.30. The number of amides is 1. The summed E-state index contributed by atoms with van der Waals surface area (Å²) < 4.78 is 32.7. The smallest absolute Gasteiger partial charge is 0.410 e. The zero-order chi connectivity index (χ0) is 17.2. The highest BCUT2D eigenvalue weighted by Gasteiger charge is 2.34. The number of halogens is 2. The van der Waals surface area contributed by atoms with Crippen LogP contribution < -0.4 is 5.32 Å². The molecule has 4 nitrogen and oxygen atoms in total. The molecule has 1 aromatic rings. The van der Waals surface area contributed by atoms with E-state index in [4.69, 9.17) is 4.74 Å². The molecule has 1 aliphatic rings. The van der Waals surface area contributed by atoms with Gasteiger partial charge in [-0.15, -0.1) is 0 Å². The molecule has 1 heterocycles. The number of nitrogens with one attached hydrogen (secondary N) is 1. The number of hydrogen-bond acceptors (Lipinski definition) is 3. The summed E-state index contributed by atoms with van der Waals surface area (Å²) >= 11 is 0. The van der Waals surface area contributed by atoms with Gasteiger partial charge in [0.2, 0.25) is 0 Å². The fourth-order valence-electron chi connectivity index (χ4n) is 2.91. The second kappa shape index (κ2) is 6.83. The van der Waals surface area contributed by atoms with Crippen LogP contribution in [-0.2, 0) is 4.74 Å². The third-order valence-electron chi connectivity index (χ3n) is 4.00. The molecule has 1 saturated heterocycles. The molecule has 0 radical (unpaired) electrons. The Kier molecular flexibility index (Phi) is 5.24. The minimum atomic E-state index is -0.605. The number of hydrogen-bond donors (Lipinski definition) is 1. The van der Waals surface area contributed by atoms with E-state index < -0.39 is 23.3 Å². The normalized spacial score (nSPS) is 22.1. The Morgan fingerprint density at radius 1 is 1.35 bits per heavy atom. The van der Waals surface area contributed by atoms with Crippen molar-refractivity contribution in [2.45, 2.75) is 44.8 Å². The largest absolute Gasteiger partial charge is 0.444 e. The van der Waals surface area contributed by atoms with Gasteiger partial charge in [0.1, 0.15) is 17.2 Å². The third-order valence-corrected chi connectivity index (χ3v) is 4.00. The van der Waals surface area contributed by atoms with E-state index in [1.165, 1.54) is 12.1 Å². The minimum Gasteiger partial charge on any atom is -0.444 e. The number of likely N-dealkylation sites (tertiary alicyclic amines) is 1. The molecule has 0 saturated carbocycles. The van der Waals surface area contributed by atoms with E-state index in [9.17, 15) is 13.6 Å². The summed E-state index contributed by atoms with van der Waals surface area (Å²) in [6, 6.07) is 3.61. The molecule has 1 N–H and O–H groups in total. The second-order valence-corrected chi connectivity index (χ2v) is 6.88. The van der Waals surface area contributed by atoms with Crippen molar-refractivity contribution in [3.63, 3.8) is 0 Å². The number of carbonyl (C=O) groups excluding carboxylic acids is 1. The fourth-order valence-corrected chi connectivity index (χ4v) is 2.91. The number of ether oxygens (including phenoxy) is 1. The second-order valence-electron chi connectivity index (χ2n) is 6.88. The van der Waals surface area contributed by atoms with E-state index in [0.717, 1.165) is 6.07 Å². The topological polar surface area (TPSA) is 41.6 Å². The van der Waals surface area contributed by atoms with Crippen LogP contribution in [0.3, 0.4) is 0 Å². The van der Waals surface area contributed by atoms with Gasteiger partial charge in [-0.1, -0.05) is 6.07 Å². The lowest BCUT2D eigenvalue weighted by Crippen LogP contribution is -2.50. The first-order chi connectivity index (χ1) is 10.7. The van der Waals surface area contributed by atoms with Crippen LogP contribution in [0.4, 0.5) is 13.6 Å². The fraction of sp³-hybridized carbons (Fsp3) is 0.588. The molecular weight excluding hydrogens is 302 g/mol. The maximum Gasteiger partial charge on any atom is 0.410 e. The van der Waals surface area contributed by atoms with Crippen LogP contribution >= 0.6 is 0 Å². The van der Waals surface area contributed by atoms with Gasteiger partial charge in [-0.2, -0.15) is 0 Å². The van der Waals surface area contributed by atoms with Gasteiger partial charge in [-0.05, 0) is 45.9 Å². The molecule has 0 unspecified atom stereocenters. The average molecular weight is 326 g/mol. The van der Waals surface area contributed by atoms with Gasteiger partial charge < -0.3 is 15.0 Å². The number of nitrogens with zero attached hydrogens (tertiary/aromatic N) is 1. The molecule has 0 bridgehead atoms. The first-order valence-corrected chi connectivity index (χ1v) is 7.81. The molecule has 1 aliphatic heterocycles. The number of likely N-dealkylation sites (N-methyl/N-ethyl adjacent to an activating group) is 1. The van der Waals surface area contributed by atoms with E-state index in [1.807, 2.05) is 27.8 Å². The van der Waals surface area contributed by atoms with Crippen molar-refractivity contribution in [3.8, 4) is 0 Å². The first-order valence-electron chi connectivity index (χ1n) is 7.81. The molecular formula is C17H24F2N2O2. The predicted molar refractivity (Wildman–Crippen MR) is 84.4 cm³/mol. The monoisotopic (exact) mass is 326 g/mol. The molecule has 1 fully saturated rings. The van der Waals surface area contributed by atoms with E-state index >= 15 is 0 Å². The Balaban J connectivity index is 2.20. The molecule has 0 aromatic heterocycles. The van der Waals surface area contributed by atoms with Gasteiger partial charge in [-0.25, -0.2) is 13.6 Å². The van der Waals surface area contributed by atoms with Gasteiger partial charge in [0.05, 0.1) is 0 Å². The van der Waals surface area contributed by atoms with Gasteiger partial charge in [0.25, 0.3) is 0 Å². The highest BCUT2D eigenvalue weighted by atomic mass is 19.1. The van der Waals surface area contributed by atoms with Gasteiger partial charge >= 0.3 is 6.09 Å². The molecule has 6 heteroatoms. The Labute approximate surface area is 135 Å². The average Bonchev–Trinajstić information content (AvgIpc) is 2.45. The van der Waals surface area contributed by atoms with Crippen LogP contribution in [0.25, 0.3) is 0 Å². The predicted octanol–water partition coefficient (Wildman–Crippen LogP) is 3.28. The lowest BCUT2D eigenvalue weighted by Gasteiger charge is -2.39. The quantitative estimate of drug-likeness (QED) is 0.907. The van der Waals surface area contributed by atoms with Crippen LogP contribution in [0.15, 0.2) is 18.2 Å². The molecule has 1 amide bonds. The molecule has 1 aromatic carbocycles. The lowest BCUT2D eigenvalue weighted by molar-refractivity contribution is 0.0176. The Morgan fingerprint density at radius 2 is 2.04 bits per heavy atom. The standard InChI is InChI=1S/C17H24F2N2O2/c1-17(2,3)23-16(22)21-8-7-15(20-4)13(10-21)12-6-5-11(18)9-14(12)19/h5-6,9,13,15,20H,7-8,10H2,1-4H3/t13-,15+/m0/s1. The van der Waals surface area contributed by atoms with Crippen molar-refractivity contribution in [1.82, 2.24) is 10.2 Å². The van der Waals surface area contributed by atoms with Crippen molar-refractivity contribution >= 4 is 6.09 Å². The summed E-state index contributed by atoms with van der Waals surface area (Å²) in [6.45, 7) is 6.30. The SMILES string of the molecule is CN[C@@H]1CCN(C(=O)OC(C)(C)C)C[C@H]1c1ccc(F)cc1F. The highest BCUT2D eigenvalue weighted by molar-refractivity contribution is 5.68. The number of carbonyl (C=O) groups is 1. The third kappa shape index (κ3) is 4.41. The van der Waals surface area contributed by atoms with Crippen LogP contribution in [0.5, 0.6) is 0 Å². The summed E-state index contributed by atoms with van der Waals surface area (Å²) in [5.74, 6) is -1.43. The van der Waals surface area contributed by atoms with E-state index in [0.29, 0.717) is 25.1 Å². The van der Waals surface area contributed by atoms with Crippen molar-refractivity contribution in [2.24, 2.45) is 0 Å². The zero-order valence-electron chi connectivity index (χ0n) is 14.0. The van der Waals surface area contributed by atoms with E-state index in [2.05, 4.69) is 5.32 Å². The van der Waals surface area contributed by atoms with E-state index in [1.54, 1.807) is 4.90 Å². The molecule has 23 heavy (non-hydrogen) atoms. The van der Waals surface area contributed by atoms with Crippen molar-refractivity contribution in [2.75, 3.05) is 20.1 Å². The molecule has 2 atom stereocenters. The van der Waals surface area contributed by atoms with Crippen molar-refractivity contribution in [3.05, 3.63) is 35.4 Å². The molecule has 2 rings (SSSR count). The van der Waals surface area contributed by atoms with Gasteiger partial charge in [0, 0.05) is 31.1 Å². The maximum absolute atomic E-state index is 14.1. The van der Waals surface area contributed by atoms with Crippen molar-refractivity contribution < 1.29 is 18.3 Å². The number of piperidine rings is 1.